The Kier molecular flexibility index (Phi) is 4.65. The van der Waals surface area contributed by atoms with Gasteiger partial charge in [-0.2, -0.15) is 0 Å². The first-order chi connectivity index (χ1) is 10.3. The van der Waals surface area contributed by atoms with Crippen molar-refractivity contribution in [1.29, 1.82) is 0 Å². The fourth-order valence-electron chi connectivity index (χ4n) is 1.81. The number of aliphatic hydroxyl groups excluding tert-OH is 1. The number of hydrogen-bond donors (Lipinski definition) is 3. The van der Waals surface area contributed by atoms with Gasteiger partial charge in [0, 0.05) is 6.07 Å². The lowest BCUT2D eigenvalue weighted by Gasteiger charge is -2.08. The molecule has 118 valence electrons. The fraction of sp³-hybridized carbons (Fsp3) is 0.214. The molecule has 0 saturated heterocycles. The number of rotatable bonds is 5. The number of benzene rings is 1. The zero-order chi connectivity index (χ0) is 16.3. The predicted octanol–water partition coefficient (Wildman–Crippen LogP) is 0.625. The van der Waals surface area contributed by atoms with E-state index in [1.54, 1.807) is 19.1 Å². The highest BCUT2D eigenvalue weighted by atomic mass is 32.2. The number of nitrogens with one attached hydrogen (secondary N) is 1. The molecule has 0 aliphatic heterocycles. The van der Waals surface area contributed by atoms with Crippen molar-refractivity contribution in [3.8, 4) is 5.75 Å². The smallest absolute Gasteiger partial charge is 0.240 e. The lowest BCUT2D eigenvalue weighted by molar-refractivity contribution is 0.227. The summed E-state index contributed by atoms with van der Waals surface area (Å²) in [7, 11) is -3.76. The SMILES string of the molecule is Cc1cccc(S(=O)(=O)NCc2cc(=O)c(O)c(CO)o2)c1. The summed E-state index contributed by atoms with van der Waals surface area (Å²) in [5, 5.41) is 18.3. The van der Waals surface area contributed by atoms with Gasteiger partial charge in [-0.05, 0) is 24.6 Å². The van der Waals surface area contributed by atoms with Crippen LogP contribution in [0.5, 0.6) is 5.75 Å². The van der Waals surface area contributed by atoms with Gasteiger partial charge < -0.3 is 14.6 Å². The Morgan fingerprint density at radius 2 is 2.00 bits per heavy atom. The summed E-state index contributed by atoms with van der Waals surface area (Å²) in [6.07, 6.45) is 0. The Morgan fingerprint density at radius 3 is 2.64 bits per heavy atom. The minimum Gasteiger partial charge on any atom is -0.502 e. The molecule has 0 fully saturated rings. The maximum Gasteiger partial charge on any atom is 0.240 e. The molecule has 0 bridgehead atoms. The first-order valence-electron chi connectivity index (χ1n) is 6.35. The largest absolute Gasteiger partial charge is 0.502 e. The van der Waals surface area contributed by atoms with E-state index in [9.17, 15) is 18.3 Å². The van der Waals surface area contributed by atoms with Crippen molar-refractivity contribution >= 4 is 10.0 Å². The van der Waals surface area contributed by atoms with E-state index in [0.717, 1.165) is 11.6 Å². The number of aliphatic hydroxyl groups is 1. The van der Waals surface area contributed by atoms with Crippen LogP contribution in [0.3, 0.4) is 0 Å². The second kappa shape index (κ2) is 6.30. The minimum atomic E-state index is -3.76. The van der Waals surface area contributed by atoms with Gasteiger partial charge in [0.2, 0.25) is 21.2 Å². The third kappa shape index (κ3) is 3.53. The Bertz CT molecular complexity index is 841. The highest BCUT2D eigenvalue weighted by Crippen LogP contribution is 2.15. The zero-order valence-electron chi connectivity index (χ0n) is 11.7. The number of aromatic hydroxyl groups is 1. The van der Waals surface area contributed by atoms with Gasteiger partial charge in [0.1, 0.15) is 12.4 Å². The molecule has 0 radical (unpaired) electrons. The van der Waals surface area contributed by atoms with E-state index in [0.29, 0.717) is 0 Å². The van der Waals surface area contributed by atoms with Crippen LogP contribution in [-0.2, 0) is 23.2 Å². The van der Waals surface area contributed by atoms with Crippen LogP contribution in [0.15, 0.2) is 44.4 Å². The van der Waals surface area contributed by atoms with E-state index in [2.05, 4.69) is 4.72 Å². The topological polar surface area (TPSA) is 117 Å². The molecule has 2 aromatic rings. The summed E-state index contributed by atoms with van der Waals surface area (Å²) < 4.78 is 31.6. The Morgan fingerprint density at radius 1 is 1.27 bits per heavy atom. The minimum absolute atomic E-state index is 0.0110. The highest BCUT2D eigenvalue weighted by molar-refractivity contribution is 7.89. The van der Waals surface area contributed by atoms with Gasteiger partial charge in [-0.25, -0.2) is 13.1 Å². The van der Waals surface area contributed by atoms with E-state index < -0.39 is 27.8 Å². The molecule has 0 aliphatic carbocycles. The molecule has 22 heavy (non-hydrogen) atoms. The fourth-order valence-corrected chi connectivity index (χ4v) is 2.91. The quantitative estimate of drug-likeness (QED) is 0.742. The van der Waals surface area contributed by atoms with E-state index >= 15 is 0 Å². The lowest BCUT2D eigenvalue weighted by Crippen LogP contribution is -2.24. The summed E-state index contributed by atoms with van der Waals surface area (Å²) in [6.45, 7) is 0.823. The molecule has 7 nitrogen and oxygen atoms in total. The third-order valence-electron chi connectivity index (χ3n) is 2.92. The van der Waals surface area contributed by atoms with Crippen molar-refractivity contribution in [1.82, 2.24) is 4.72 Å². The van der Waals surface area contributed by atoms with Crippen molar-refractivity contribution < 1.29 is 23.0 Å². The van der Waals surface area contributed by atoms with Crippen LogP contribution in [-0.4, -0.2) is 18.6 Å². The predicted molar refractivity (Wildman–Crippen MR) is 77.8 cm³/mol. The van der Waals surface area contributed by atoms with Crippen molar-refractivity contribution in [2.45, 2.75) is 25.0 Å². The van der Waals surface area contributed by atoms with Crippen LogP contribution in [0.2, 0.25) is 0 Å². The van der Waals surface area contributed by atoms with Crippen LogP contribution in [0.1, 0.15) is 17.1 Å². The van der Waals surface area contributed by atoms with Gasteiger partial charge in [-0.15, -0.1) is 0 Å². The van der Waals surface area contributed by atoms with Crippen LogP contribution in [0, 0.1) is 6.92 Å². The van der Waals surface area contributed by atoms with Gasteiger partial charge in [0.25, 0.3) is 0 Å². The summed E-state index contributed by atoms with van der Waals surface area (Å²) >= 11 is 0. The zero-order valence-corrected chi connectivity index (χ0v) is 12.6. The molecule has 1 heterocycles. The van der Waals surface area contributed by atoms with Gasteiger partial charge in [0.05, 0.1) is 11.4 Å². The lowest BCUT2D eigenvalue weighted by atomic mass is 10.2. The van der Waals surface area contributed by atoms with E-state index in [4.69, 9.17) is 9.52 Å². The van der Waals surface area contributed by atoms with Crippen molar-refractivity contribution in [2.75, 3.05) is 0 Å². The molecule has 0 unspecified atom stereocenters. The van der Waals surface area contributed by atoms with Crippen LogP contribution in [0.25, 0.3) is 0 Å². The number of aryl methyl sites for hydroxylation is 1. The average molecular weight is 325 g/mol. The molecule has 3 N–H and O–H groups in total. The van der Waals surface area contributed by atoms with Crippen LogP contribution in [0.4, 0.5) is 0 Å². The Balaban J connectivity index is 2.23. The van der Waals surface area contributed by atoms with Gasteiger partial charge in [0.15, 0.2) is 5.76 Å². The van der Waals surface area contributed by atoms with Crippen molar-refractivity contribution in [2.24, 2.45) is 0 Å². The molecule has 8 heteroatoms. The van der Waals surface area contributed by atoms with Crippen LogP contribution < -0.4 is 10.2 Å². The Hall–Kier alpha value is -2.16. The van der Waals surface area contributed by atoms with E-state index in [1.807, 2.05) is 0 Å². The van der Waals surface area contributed by atoms with Gasteiger partial charge in [-0.3, -0.25) is 4.79 Å². The monoisotopic (exact) mass is 325 g/mol. The average Bonchev–Trinajstić information content (AvgIpc) is 2.48. The maximum atomic E-state index is 12.1. The summed E-state index contributed by atoms with van der Waals surface area (Å²) in [4.78, 5) is 11.6. The normalized spacial score (nSPS) is 11.5. The van der Waals surface area contributed by atoms with E-state index in [-0.39, 0.29) is 23.0 Å². The molecular weight excluding hydrogens is 310 g/mol. The molecule has 0 aliphatic rings. The number of sulfonamides is 1. The standard InChI is InChI=1S/C14H15NO6S/c1-9-3-2-4-11(5-9)22(19,20)15-7-10-6-12(17)14(18)13(8-16)21-10/h2-6,15-16,18H,7-8H2,1H3. The molecule has 0 spiro atoms. The molecule has 1 aromatic carbocycles. The van der Waals surface area contributed by atoms with Crippen molar-refractivity contribution in [3.05, 3.63) is 57.6 Å². The van der Waals surface area contributed by atoms with Crippen molar-refractivity contribution in [3.63, 3.8) is 0 Å². The second-order valence-electron chi connectivity index (χ2n) is 4.65. The molecule has 1 aromatic heterocycles. The maximum absolute atomic E-state index is 12.1. The summed E-state index contributed by atoms with van der Waals surface area (Å²) in [5.74, 6) is -1.01. The molecule has 2 rings (SSSR count). The van der Waals surface area contributed by atoms with Gasteiger partial charge >= 0.3 is 0 Å². The molecular formula is C14H15NO6S. The first kappa shape index (κ1) is 16.2. The summed E-state index contributed by atoms with van der Waals surface area (Å²) in [5.41, 5.74) is 0.0432. The van der Waals surface area contributed by atoms with E-state index in [1.165, 1.54) is 12.1 Å². The highest BCUT2D eigenvalue weighted by Gasteiger charge is 2.16. The molecule has 0 saturated carbocycles. The second-order valence-corrected chi connectivity index (χ2v) is 6.41. The number of hydrogen-bond acceptors (Lipinski definition) is 6. The first-order valence-corrected chi connectivity index (χ1v) is 7.84. The molecule has 0 atom stereocenters. The van der Waals surface area contributed by atoms with Gasteiger partial charge in [-0.1, -0.05) is 12.1 Å². The summed E-state index contributed by atoms with van der Waals surface area (Å²) in [6, 6.07) is 7.31. The Labute approximate surface area is 126 Å². The van der Waals surface area contributed by atoms with Crippen LogP contribution >= 0.6 is 0 Å². The third-order valence-corrected chi connectivity index (χ3v) is 4.32. The molecule has 0 amide bonds.